The second kappa shape index (κ2) is 8.05. The van der Waals surface area contributed by atoms with Gasteiger partial charge in [-0.05, 0) is 34.4 Å². The number of rotatable bonds is 5. The van der Waals surface area contributed by atoms with E-state index in [-0.39, 0.29) is 5.56 Å². The molecule has 5 aromatic rings. The molecule has 5 rings (SSSR count). The monoisotopic (exact) mass is 469 g/mol. The highest BCUT2D eigenvalue weighted by molar-refractivity contribution is 9.08. The smallest absolute Gasteiger partial charge is 0.291 e. The summed E-state index contributed by atoms with van der Waals surface area (Å²) < 4.78 is 7.89. The van der Waals surface area contributed by atoms with Gasteiger partial charge in [0, 0.05) is 5.33 Å². The van der Waals surface area contributed by atoms with E-state index < -0.39 is 5.54 Å². The summed E-state index contributed by atoms with van der Waals surface area (Å²) in [5.74, 6) is 0. The Balaban J connectivity index is 1.95. The average Bonchev–Trinajstić information content (AvgIpc) is 3.17. The normalized spacial score (nSPS) is 11.6. The molecular formula is C27H20BrNO2. The highest BCUT2D eigenvalue weighted by Crippen LogP contribution is 2.40. The molecule has 0 fully saturated rings. The van der Waals surface area contributed by atoms with E-state index in [0.29, 0.717) is 16.3 Å². The van der Waals surface area contributed by atoms with Gasteiger partial charge in [0.2, 0.25) is 0 Å². The van der Waals surface area contributed by atoms with E-state index in [1.807, 2.05) is 109 Å². The average molecular weight is 470 g/mol. The van der Waals surface area contributed by atoms with Crippen LogP contribution in [0.3, 0.4) is 0 Å². The Labute approximate surface area is 188 Å². The Kier molecular flexibility index (Phi) is 5.08. The number of aromatic nitrogens is 1. The van der Waals surface area contributed by atoms with E-state index in [2.05, 4.69) is 15.9 Å². The summed E-state index contributed by atoms with van der Waals surface area (Å²) in [4.78, 5) is 13.8. The molecular weight excluding hydrogens is 450 g/mol. The largest absolute Gasteiger partial charge is 0.374 e. The van der Waals surface area contributed by atoms with Crippen LogP contribution in [0.2, 0.25) is 0 Å². The van der Waals surface area contributed by atoms with Gasteiger partial charge in [-0.1, -0.05) is 113 Å². The van der Waals surface area contributed by atoms with Gasteiger partial charge >= 0.3 is 0 Å². The zero-order chi connectivity index (χ0) is 21.3. The molecule has 0 aliphatic rings. The van der Waals surface area contributed by atoms with Gasteiger partial charge in [0.25, 0.3) is 5.56 Å². The second-order valence-electron chi connectivity index (χ2n) is 7.46. The van der Waals surface area contributed by atoms with Gasteiger partial charge in [0.15, 0.2) is 11.1 Å². The summed E-state index contributed by atoms with van der Waals surface area (Å²) in [7, 11) is 0. The van der Waals surface area contributed by atoms with Crippen molar-refractivity contribution in [2.45, 2.75) is 10.9 Å². The van der Waals surface area contributed by atoms with Crippen molar-refractivity contribution in [2.24, 2.45) is 0 Å². The maximum Gasteiger partial charge on any atom is 0.291 e. The lowest BCUT2D eigenvalue weighted by atomic mass is 9.77. The molecule has 1 aromatic heterocycles. The van der Waals surface area contributed by atoms with Gasteiger partial charge in [-0.2, -0.15) is 4.74 Å². The Morgan fingerprint density at radius 1 is 0.710 bits per heavy atom. The molecule has 0 amide bonds. The van der Waals surface area contributed by atoms with Gasteiger partial charge in [0.1, 0.15) is 0 Å². The number of hydrogen-bond acceptors (Lipinski definition) is 2. The fraction of sp³-hybridized carbons (Fsp3) is 0.0741. The molecule has 0 unspecified atom stereocenters. The molecule has 31 heavy (non-hydrogen) atoms. The van der Waals surface area contributed by atoms with E-state index in [9.17, 15) is 4.79 Å². The van der Waals surface area contributed by atoms with Crippen LogP contribution >= 0.6 is 15.9 Å². The fourth-order valence-electron chi connectivity index (χ4n) is 4.26. The minimum Gasteiger partial charge on any atom is -0.374 e. The zero-order valence-electron chi connectivity index (χ0n) is 16.7. The Hall–Kier alpha value is -3.37. The van der Waals surface area contributed by atoms with Gasteiger partial charge in [-0.3, -0.25) is 4.79 Å². The van der Waals surface area contributed by atoms with Crippen LogP contribution in [0.5, 0.6) is 0 Å². The Morgan fingerprint density at radius 3 is 1.65 bits per heavy atom. The summed E-state index contributed by atoms with van der Waals surface area (Å²) in [5, 5.41) is 1.26. The first-order valence-corrected chi connectivity index (χ1v) is 11.3. The van der Waals surface area contributed by atoms with Crippen LogP contribution in [0, 0.1) is 0 Å². The predicted octanol–water partition coefficient (Wildman–Crippen LogP) is 6.33. The first kappa shape index (κ1) is 19.6. The van der Waals surface area contributed by atoms with Crippen molar-refractivity contribution in [3.05, 3.63) is 142 Å². The van der Waals surface area contributed by atoms with E-state index in [4.69, 9.17) is 4.52 Å². The van der Waals surface area contributed by atoms with Crippen molar-refractivity contribution in [3.8, 4) is 0 Å². The van der Waals surface area contributed by atoms with Gasteiger partial charge in [-0.15, -0.1) is 0 Å². The third-order valence-electron chi connectivity index (χ3n) is 5.68. The van der Waals surface area contributed by atoms with Crippen molar-refractivity contribution < 1.29 is 4.52 Å². The SMILES string of the molecule is O=c1c2ccc(CBr)cc2on1C(c1ccccc1)(c1ccccc1)c1ccccc1. The number of benzene rings is 4. The second-order valence-corrected chi connectivity index (χ2v) is 8.02. The third-order valence-corrected chi connectivity index (χ3v) is 6.33. The third kappa shape index (κ3) is 3.15. The molecule has 0 saturated carbocycles. The number of fused-ring (bicyclic) bond motifs is 1. The van der Waals surface area contributed by atoms with E-state index in [1.165, 1.54) is 4.74 Å². The predicted molar refractivity (Wildman–Crippen MR) is 128 cm³/mol. The van der Waals surface area contributed by atoms with Crippen LogP contribution in [0.1, 0.15) is 22.3 Å². The maximum absolute atomic E-state index is 13.8. The van der Waals surface area contributed by atoms with Crippen LogP contribution in [0.25, 0.3) is 11.0 Å². The highest BCUT2D eigenvalue weighted by atomic mass is 79.9. The molecule has 0 aliphatic heterocycles. The van der Waals surface area contributed by atoms with Crippen LogP contribution in [0.4, 0.5) is 0 Å². The molecule has 0 N–H and O–H groups in total. The molecule has 152 valence electrons. The Bertz CT molecular complexity index is 1280. The minimum atomic E-state index is -0.950. The van der Waals surface area contributed by atoms with Gasteiger partial charge in [-0.25, -0.2) is 0 Å². The van der Waals surface area contributed by atoms with Gasteiger partial charge < -0.3 is 4.52 Å². The first-order chi connectivity index (χ1) is 15.2. The molecule has 0 spiro atoms. The number of hydrogen-bond donors (Lipinski definition) is 0. The van der Waals surface area contributed by atoms with Crippen molar-refractivity contribution in [1.82, 2.24) is 4.74 Å². The summed E-state index contributed by atoms with van der Waals surface area (Å²) in [5.41, 5.74) is 3.38. The summed E-state index contributed by atoms with van der Waals surface area (Å²) >= 11 is 3.49. The van der Waals surface area contributed by atoms with Crippen molar-refractivity contribution in [3.63, 3.8) is 0 Å². The number of nitrogens with zero attached hydrogens (tertiary/aromatic N) is 1. The zero-order valence-corrected chi connectivity index (χ0v) is 18.3. The van der Waals surface area contributed by atoms with E-state index in [1.54, 1.807) is 0 Å². The van der Waals surface area contributed by atoms with Crippen molar-refractivity contribution in [1.29, 1.82) is 0 Å². The molecule has 3 nitrogen and oxygen atoms in total. The molecule has 0 saturated heterocycles. The van der Waals surface area contributed by atoms with Crippen molar-refractivity contribution in [2.75, 3.05) is 0 Å². The standard InChI is InChI=1S/C27H20BrNO2/c28-19-20-16-17-24-25(18-20)31-29(26(24)30)27(21-10-4-1-5-11-21,22-12-6-2-7-13-22)23-14-8-3-9-15-23/h1-18H,19H2. The molecule has 4 heteroatoms. The molecule has 0 aliphatic carbocycles. The van der Waals surface area contributed by atoms with Gasteiger partial charge in [0.05, 0.1) is 5.39 Å². The number of alkyl halides is 1. The highest BCUT2D eigenvalue weighted by Gasteiger charge is 2.42. The quantitative estimate of drug-likeness (QED) is 0.222. The van der Waals surface area contributed by atoms with E-state index >= 15 is 0 Å². The van der Waals surface area contributed by atoms with Crippen LogP contribution in [-0.4, -0.2) is 4.74 Å². The minimum absolute atomic E-state index is 0.160. The molecule has 0 bridgehead atoms. The van der Waals surface area contributed by atoms with Crippen molar-refractivity contribution >= 4 is 26.9 Å². The maximum atomic E-state index is 13.8. The summed E-state index contributed by atoms with van der Waals surface area (Å²) in [6.45, 7) is 0. The van der Waals surface area contributed by atoms with Crippen LogP contribution < -0.4 is 5.56 Å². The number of halogens is 1. The molecule has 4 aromatic carbocycles. The lowest BCUT2D eigenvalue weighted by molar-refractivity contribution is 0.221. The molecule has 1 heterocycles. The molecule has 0 atom stereocenters. The lowest BCUT2D eigenvalue weighted by Crippen LogP contribution is -2.42. The van der Waals surface area contributed by atoms with Crippen LogP contribution in [-0.2, 0) is 10.9 Å². The van der Waals surface area contributed by atoms with E-state index in [0.717, 1.165) is 22.3 Å². The summed E-state index contributed by atoms with van der Waals surface area (Å²) in [6, 6.07) is 35.9. The Morgan fingerprint density at radius 2 is 1.19 bits per heavy atom. The topological polar surface area (TPSA) is 35.1 Å². The fourth-order valence-corrected chi connectivity index (χ4v) is 4.61. The molecule has 0 radical (unpaired) electrons. The lowest BCUT2D eigenvalue weighted by Gasteiger charge is -2.34. The first-order valence-electron chi connectivity index (χ1n) is 10.1. The summed E-state index contributed by atoms with van der Waals surface area (Å²) in [6.07, 6.45) is 0. The van der Waals surface area contributed by atoms with Crippen LogP contribution in [0.15, 0.2) is 119 Å².